The van der Waals surface area contributed by atoms with E-state index in [-0.39, 0.29) is 0 Å². The van der Waals surface area contributed by atoms with Gasteiger partial charge in [-0.2, -0.15) is 13.2 Å². The minimum absolute atomic E-state index is 0.590. The van der Waals surface area contributed by atoms with E-state index >= 15 is 0 Å². The third kappa shape index (κ3) is 4.86. The summed E-state index contributed by atoms with van der Waals surface area (Å²) in [5.41, 5.74) is 3.82. The van der Waals surface area contributed by atoms with Gasteiger partial charge in [-0.25, -0.2) is 0 Å². The Hall–Kier alpha value is -1.03. The zero-order chi connectivity index (χ0) is 14.6. The highest BCUT2D eigenvalue weighted by Gasteiger charge is 2.33. The molecule has 1 N–H and O–H groups in total. The lowest BCUT2D eigenvalue weighted by molar-refractivity contribution is -0.140. The molecule has 0 fully saturated rings. The molecular weight excluding hydrogens is 251 g/mol. The normalized spacial score (nSPS) is 13.6. The van der Waals surface area contributed by atoms with E-state index < -0.39 is 18.6 Å². The molecule has 0 spiro atoms. The van der Waals surface area contributed by atoms with Crippen LogP contribution in [0.15, 0.2) is 12.1 Å². The second kappa shape index (κ2) is 6.42. The summed E-state index contributed by atoms with van der Waals surface area (Å²) in [7, 11) is 0. The minimum Gasteiger partial charge on any atom is -0.310 e. The maximum atomic E-state index is 12.7. The van der Waals surface area contributed by atoms with Crippen molar-refractivity contribution in [2.45, 2.75) is 52.8 Å². The van der Waals surface area contributed by atoms with Crippen LogP contribution in [0.5, 0.6) is 0 Å². The van der Waals surface area contributed by atoms with Gasteiger partial charge in [0.2, 0.25) is 0 Å². The van der Waals surface area contributed by atoms with Gasteiger partial charge in [-0.1, -0.05) is 19.1 Å². The van der Waals surface area contributed by atoms with Gasteiger partial charge in [0.15, 0.2) is 0 Å². The van der Waals surface area contributed by atoms with Gasteiger partial charge in [-0.3, -0.25) is 0 Å². The Morgan fingerprint density at radius 1 is 1.05 bits per heavy atom. The summed E-state index contributed by atoms with van der Waals surface area (Å²) < 4.78 is 38.1. The molecule has 0 saturated carbocycles. The van der Waals surface area contributed by atoms with Crippen LogP contribution in [0.25, 0.3) is 0 Å². The third-order valence-corrected chi connectivity index (χ3v) is 3.33. The van der Waals surface area contributed by atoms with Crippen molar-refractivity contribution < 1.29 is 13.2 Å². The zero-order valence-corrected chi connectivity index (χ0v) is 12.0. The van der Waals surface area contributed by atoms with E-state index in [0.29, 0.717) is 6.54 Å². The maximum Gasteiger partial charge on any atom is 0.390 e. The first-order valence-corrected chi connectivity index (χ1v) is 6.62. The summed E-state index contributed by atoms with van der Waals surface area (Å²) in [6.45, 7) is 8.32. The Kier molecular flexibility index (Phi) is 5.41. The fourth-order valence-electron chi connectivity index (χ4n) is 2.20. The SMILES string of the molecule is CCCNC(CC(F)(F)F)c1cc(C)c(C)cc1C. The molecule has 0 saturated heterocycles. The molecule has 1 atom stereocenters. The topological polar surface area (TPSA) is 12.0 Å². The molecule has 0 aliphatic carbocycles. The van der Waals surface area contributed by atoms with E-state index in [1.165, 1.54) is 0 Å². The molecule has 0 aliphatic heterocycles. The number of hydrogen-bond donors (Lipinski definition) is 1. The number of aryl methyl sites for hydroxylation is 3. The summed E-state index contributed by atoms with van der Waals surface area (Å²) in [6.07, 6.45) is -4.16. The summed E-state index contributed by atoms with van der Waals surface area (Å²) in [6, 6.07) is 3.19. The first kappa shape index (κ1) is 16.0. The van der Waals surface area contributed by atoms with Crippen molar-refractivity contribution in [1.82, 2.24) is 5.32 Å². The molecule has 108 valence electrons. The van der Waals surface area contributed by atoms with Crippen LogP contribution in [-0.2, 0) is 0 Å². The van der Waals surface area contributed by atoms with Crippen molar-refractivity contribution in [1.29, 1.82) is 0 Å². The maximum absolute atomic E-state index is 12.7. The molecule has 0 heterocycles. The molecule has 0 bridgehead atoms. The van der Waals surface area contributed by atoms with Gasteiger partial charge < -0.3 is 5.32 Å². The Balaban J connectivity index is 3.06. The van der Waals surface area contributed by atoms with E-state index in [9.17, 15) is 13.2 Å². The van der Waals surface area contributed by atoms with Crippen molar-refractivity contribution in [3.8, 4) is 0 Å². The number of rotatable bonds is 5. The molecule has 1 rings (SSSR count). The van der Waals surface area contributed by atoms with Crippen molar-refractivity contribution in [3.05, 3.63) is 34.4 Å². The Morgan fingerprint density at radius 3 is 2.16 bits per heavy atom. The van der Waals surface area contributed by atoms with Gasteiger partial charge in [0.25, 0.3) is 0 Å². The molecule has 0 aliphatic rings. The summed E-state index contributed by atoms with van der Waals surface area (Å²) >= 11 is 0. The molecular formula is C15H22F3N. The number of alkyl halides is 3. The third-order valence-electron chi connectivity index (χ3n) is 3.33. The van der Waals surface area contributed by atoms with Crippen LogP contribution in [0.4, 0.5) is 13.2 Å². The van der Waals surface area contributed by atoms with Crippen molar-refractivity contribution in [2.24, 2.45) is 0 Å². The Bertz CT molecular complexity index is 424. The fourth-order valence-corrected chi connectivity index (χ4v) is 2.20. The fraction of sp³-hybridized carbons (Fsp3) is 0.600. The van der Waals surface area contributed by atoms with E-state index in [2.05, 4.69) is 5.32 Å². The summed E-state index contributed by atoms with van der Waals surface area (Å²) in [5.74, 6) is 0. The van der Waals surface area contributed by atoms with Crippen LogP contribution in [0.3, 0.4) is 0 Å². The van der Waals surface area contributed by atoms with Gasteiger partial charge in [0.1, 0.15) is 0 Å². The van der Waals surface area contributed by atoms with Crippen molar-refractivity contribution >= 4 is 0 Å². The van der Waals surface area contributed by atoms with Crippen LogP contribution in [0.1, 0.15) is 48.1 Å². The Labute approximate surface area is 113 Å². The van der Waals surface area contributed by atoms with Crippen molar-refractivity contribution in [2.75, 3.05) is 6.54 Å². The quantitative estimate of drug-likeness (QED) is 0.826. The molecule has 1 aromatic carbocycles. The standard InChI is InChI=1S/C15H22F3N/c1-5-6-19-14(9-15(16,17)18)13-8-11(3)10(2)7-12(13)4/h7-8,14,19H,5-6,9H2,1-4H3. The number of halogens is 3. The largest absolute Gasteiger partial charge is 0.390 e. The molecule has 1 aromatic rings. The predicted octanol–water partition coefficient (Wildman–Crippen LogP) is 4.60. The monoisotopic (exact) mass is 273 g/mol. The average molecular weight is 273 g/mol. The smallest absolute Gasteiger partial charge is 0.310 e. The highest BCUT2D eigenvalue weighted by atomic mass is 19.4. The van der Waals surface area contributed by atoms with E-state index in [1.807, 2.05) is 39.8 Å². The van der Waals surface area contributed by atoms with Crippen LogP contribution in [-0.4, -0.2) is 12.7 Å². The molecule has 0 amide bonds. The molecule has 1 unspecified atom stereocenters. The number of nitrogens with one attached hydrogen (secondary N) is 1. The Morgan fingerprint density at radius 2 is 1.63 bits per heavy atom. The highest BCUT2D eigenvalue weighted by Crippen LogP contribution is 2.32. The van der Waals surface area contributed by atoms with Gasteiger partial charge in [0, 0.05) is 6.04 Å². The zero-order valence-electron chi connectivity index (χ0n) is 12.0. The second-order valence-corrected chi connectivity index (χ2v) is 5.12. The number of benzene rings is 1. The molecule has 0 aromatic heterocycles. The van der Waals surface area contributed by atoms with Gasteiger partial charge in [-0.15, -0.1) is 0 Å². The summed E-state index contributed by atoms with van der Waals surface area (Å²) in [5, 5.41) is 3.01. The minimum atomic E-state index is -4.16. The second-order valence-electron chi connectivity index (χ2n) is 5.12. The van der Waals surface area contributed by atoms with Gasteiger partial charge in [-0.05, 0) is 56.0 Å². The molecule has 19 heavy (non-hydrogen) atoms. The van der Waals surface area contributed by atoms with E-state index in [1.54, 1.807) is 0 Å². The van der Waals surface area contributed by atoms with Crippen LogP contribution in [0, 0.1) is 20.8 Å². The van der Waals surface area contributed by atoms with Crippen LogP contribution >= 0.6 is 0 Å². The lowest BCUT2D eigenvalue weighted by atomic mass is 9.94. The lowest BCUT2D eigenvalue weighted by Gasteiger charge is -2.23. The lowest BCUT2D eigenvalue weighted by Crippen LogP contribution is -2.28. The molecule has 1 nitrogen and oxygen atoms in total. The molecule has 0 radical (unpaired) electrons. The first-order valence-electron chi connectivity index (χ1n) is 6.62. The van der Waals surface area contributed by atoms with E-state index in [4.69, 9.17) is 0 Å². The highest BCUT2D eigenvalue weighted by molar-refractivity contribution is 5.38. The predicted molar refractivity (Wildman–Crippen MR) is 72.4 cm³/mol. The number of hydrogen-bond acceptors (Lipinski definition) is 1. The van der Waals surface area contributed by atoms with Crippen LogP contribution < -0.4 is 5.32 Å². The molecule has 4 heteroatoms. The van der Waals surface area contributed by atoms with Crippen LogP contribution in [0.2, 0.25) is 0 Å². The van der Waals surface area contributed by atoms with Crippen molar-refractivity contribution in [3.63, 3.8) is 0 Å². The van der Waals surface area contributed by atoms with E-state index in [0.717, 1.165) is 28.7 Å². The average Bonchev–Trinajstić information content (AvgIpc) is 2.28. The van der Waals surface area contributed by atoms with Gasteiger partial charge >= 0.3 is 6.18 Å². The summed E-state index contributed by atoms with van der Waals surface area (Å²) in [4.78, 5) is 0. The first-order chi connectivity index (χ1) is 8.74. The van der Waals surface area contributed by atoms with Gasteiger partial charge in [0.05, 0.1) is 6.42 Å².